The van der Waals surface area contributed by atoms with Crippen LogP contribution in [0.2, 0.25) is 0 Å². The van der Waals surface area contributed by atoms with Gasteiger partial charge in [-0.15, -0.1) is 0 Å². The van der Waals surface area contributed by atoms with Gasteiger partial charge in [-0.05, 0) is 83.9 Å². The van der Waals surface area contributed by atoms with E-state index in [0.29, 0.717) is 0 Å². The van der Waals surface area contributed by atoms with E-state index >= 15 is 0 Å². The first kappa shape index (κ1) is 69.0. The van der Waals surface area contributed by atoms with Crippen LogP contribution in [0.15, 0.2) is 105 Å². The van der Waals surface area contributed by atoms with Crippen LogP contribution >= 0.6 is 0 Å². The van der Waals surface area contributed by atoms with E-state index in [1.165, 1.54) is 58.3 Å². The first-order chi connectivity index (χ1) is 34.0. The molecule has 0 fully saturated rings. The van der Waals surface area contributed by atoms with Crippen molar-refractivity contribution >= 4 is 111 Å². The predicted octanol–water partition coefficient (Wildman–Crippen LogP) is -9.76. The topological polar surface area (TPSA) is 430 Å². The minimum absolute atomic E-state index is 0. The number of nitrogens with zero attached hydrogens (tertiary/aromatic N) is 8. The molecule has 0 aliphatic rings. The van der Waals surface area contributed by atoms with Crippen molar-refractivity contribution in [1.82, 2.24) is 29.9 Å². The summed E-state index contributed by atoms with van der Waals surface area (Å²) < 4.78 is 137. The molecule has 0 unspecified atom stereocenters. The molecular formula is C40H48N12Na4O16S4. The fraction of sp³-hybridized carbons (Fsp3) is 0.200. The number of aliphatic hydroxyl groups excluding tert-OH is 4. The maximum atomic E-state index is 12.8. The summed E-state index contributed by atoms with van der Waals surface area (Å²) in [5, 5.41) is 49.9. The van der Waals surface area contributed by atoms with E-state index in [2.05, 4.69) is 51.2 Å². The molecule has 4 aromatic carbocycles. The first-order valence-electron chi connectivity index (χ1n) is 20.6. The molecule has 0 spiro atoms. The largest absolute Gasteiger partial charge is 1.00 e. The number of nitrogens with one attached hydrogen (secondary N) is 4. The van der Waals surface area contributed by atoms with Crippen LogP contribution in [0.5, 0.6) is 0 Å². The summed E-state index contributed by atoms with van der Waals surface area (Å²) >= 11 is 0. The fourth-order valence-electron chi connectivity index (χ4n) is 6.41. The first-order valence-corrected chi connectivity index (χ1v) is 26.3. The van der Waals surface area contributed by atoms with Gasteiger partial charge in [0.05, 0.1) is 36.2 Å². The molecule has 0 amide bonds. The Morgan fingerprint density at radius 1 is 0.395 bits per heavy atom. The van der Waals surface area contributed by atoms with Crippen LogP contribution in [0.4, 0.5) is 58.4 Å². The van der Waals surface area contributed by atoms with Gasteiger partial charge in [-0.3, -0.25) is 18.2 Å². The van der Waals surface area contributed by atoms with Gasteiger partial charge in [0.1, 0.15) is 9.79 Å². The molecule has 2 heterocycles. The van der Waals surface area contributed by atoms with E-state index in [1.54, 1.807) is 0 Å². The summed E-state index contributed by atoms with van der Waals surface area (Å²) in [6.45, 7) is -1.69. The zero-order chi connectivity index (χ0) is 52.4. The number of hydrogen-bond acceptors (Lipinski definition) is 24. The average molecular weight is 1170 g/mol. The van der Waals surface area contributed by atoms with Crippen molar-refractivity contribution in [2.24, 2.45) is 0 Å². The van der Waals surface area contributed by atoms with Gasteiger partial charge in [0.25, 0.3) is 40.5 Å². The maximum absolute atomic E-state index is 12.8. The second kappa shape index (κ2) is 30.5. The summed E-state index contributed by atoms with van der Waals surface area (Å²) in [5.74, 6) is -0.916. The van der Waals surface area contributed by atoms with Gasteiger partial charge in [-0.1, -0.05) is 24.3 Å². The third-order valence-electron chi connectivity index (χ3n) is 9.65. The van der Waals surface area contributed by atoms with Gasteiger partial charge < -0.3 is 57.2 Å². The molecule has 392 valence electrons. The zero-order valence-electron chi connectivity index (χ0n) is 44.9. The second-order valence-electron chi connectivity index (χ2n) is 14.7. The van der Waals surface area contributed by atoms with Crippen molar-refractivity contribution in [2.45, 2.75) is 19.6 Å². The third kappa shape index (κ3) is 19.9. The van der Waals surface area contributed by atoms with Gasteiger partial charge in [-0.2, -0.15) is 63.6 Å². The molecule has 0 saturated heterocycles. The summed E-state index contributed by atoms with van der Waals surface area (Å²) in [7, 11) is -19.1. The van der Waals surface area contributed by atoms with Crippen LogP contribution in [0.25, 0.3) is 12.2 Å². The Balaban J connectivity index is -0.00000741. The molecule has 36 heteroatoms. The smallest absolute Gasteiger partial charge is 1.00 e. The Morgan fingerprint density at radius 3 is 0.908 bits per heavy atom. The van der Waals surface area contributed by atoms with Gasteiger partial charge >= 0.3 is 118 Å². The summed E-state index contributed by atoms with van der Waals surface area (Å²) in [6, 6.07) is 16.8. The van der Waals surface area contributed by atoms with Gasteiger partial charge in [0.2, 0.25) is 35.7 Å². The number of benzene rings is 4. The monoisotopic (exact) mass is 1170 g/mol. The maximum Gasteiger partial charge on any atom is 1.00 e. The van der Waals surface area contributed by atoms with Crippen molar-refractivity contribution in [3.8, 4) is 0 Å². The Bertz CT molecular complexity index is 3200. The van der Waals surface area contributed by atoms with E-state index < -0.39 is 60.1 Å². The number of hydrogen-bond donors (Lipinski definition) is 12. The van der Waals surface area contributed by atoms with Crippen molar-refractivity contribution in [2.75, 3.05) is 83.7 Å². The van der Waals surface area contributed by atoms with Gasteiger partial charge in [0, 0.05) is 48.9 Å². The number of aliphatic hydroxyl groups is 4. The van der Waals surface area contributed by atoms with Crippen LogP contribution in [0.3, 0.4) is 0 Å². The minimum Gasteiger partial charge on any atom is -1.00 e. The molecule has 0 saturated carbocycles. The molecule has 0 aliphatic heterocycles. The average Bonchev–Trinajstić information content (AvgIpc) is 3.30. The third-order valence-corrected chi connectivity index (χ3v) is 13.2. The molecule has 28 nitrogen and oxygen atoms in total. The van der Waals surface area contributed by atoms with Crippen molar-refractivity contribution in [1.29, 1.82) is 0 Å². The molecule has 76 heavy (non-hydrogen) atoms. The molecule has 0 bridgehead atoms. The van der Waals surface area contributed by atoms with Crippen LogP contribution in [-0.4, -0.2) is 155 Å². The summed E-state index contributed by atoms with van der Waals surface area (Å²) in [4.78, 5) is 26.4. The molecule has 6 rings (SSSR count). The summed E-state index contributed by atoms with van der Waals surface area (Å²) in [5.41, 5.74) is 0.129. The molecule has 6 aromatic rings. The number of anilines is 10. The molecule has 2 aromatic heterocycles. The Hall–Kier alpha value is -3.08. The fourth-order valence-corrected chi connectivity index (χ4v) is 8.78. The Labute approximate surface area is 530 Å². The van der Waals surface area contributed by atoms with Crippen molar-refractivity contribution in [3.05, 3.63) is 96.1 Å². The minimum atomic E-state index is -5.03. The van der Waals surface area contributed by atoms with E-state index in [1.807, 2.05) is 0 Å². The normalized spacial score (nSPS) is 11.5. The van der Waals surface area contributed by atoms with Crippen LogP contribution in [-0.2, 0) is 40.5 Å². The SMILES string of the molecule is O=S(=O)(O)c1ccc(Nc2nc(Nc3ccc(C=Cc4ccc(Nc5nc(Nc6ccc(S(=O)(=O)O)cc6)nc(N(CCO)CCO)n5)cc4S(=O)(=O)O)c(S(=O)(=O)O)c3)nc(N(CCO)CCO)n2)cc1.[H-].[H-].[H-].[H-].[Na+].[Na+].[Na+].[Na+]. The van der Waals surface area contributed by atoms with E-state index in [-0.39, 0.29) is 246 Å². The van der Waals surface area contributed by atoms with Crippen LogP contribution in [0, 0.1) is 0 Å². The van der Waals surface area contributed by atoms with Crippen molar-refractivity contribution < 1.29 is 196 Å². The number of aromatic nitrogens is 6. The Morgan fingerprint density at radius 2 is 0.658 bits per heavy atom. The Kier molecular flexibility index (Phi) is 27.7. The summed E-state index contributed by atoms with van der Waals surface area (Å²) in [6.07, 6.45) is 2.27. The van der Waals surface area contributed by atoms with Crippen LogP contribution in [0.1, 0.15) is 16.8 Å². The van der Waals surface area contributed by atoms with Gasteiger partial charge in [-0.25, -0.2) is 0 Å². The quantitative estimate of drug-likeness (QED) is 0.0152. The van der Waals surface area contributed by atoms with Crippen molar-refractivity contribution in [3.63, 3.8) is 0 Å². The molecule has 0 atom stereocenters. The van der Waals surface area contributed by atoms with E-state index in [0.717, 1.165) is 48.6 Å². The van der Waals surface area contributed by atoms with E-state index in [9.17, 15) is 72.3 Å². The second-order valence-corrected chi connectivity index (χ2v) is 20.3. The molecular weight excluding hydrogens is 1120 g/mol. The molecule has 0 aliphatic carbocycles. The predicted molar refractivity (Wildman–Crippen MR) is 264 cm³/mol. The van der Waals surface area contributed by atoms with Gasteiger partial charge in [0.15, 0.2) is 0 Å². The number of rotatable bonds is 24. The standard InChI is InChI=1S/C40H44N12O16S4.4Na.4H/c53-19-15-51(16-20-54)39-47-35(41-27-7-11-31(12-8-27)69(57,58)59)45-37(49-39)43-29-5-3-25(33(23-29)71(63,64)65)1-2-26-4-6-30(24-34(26)72(66,67)68)44-38-46-36(48-40(50-38)52(17-21-55)18-22-56)42-28-9-13-32(14-10-28)70(60,61)62;;;;;;;;/h1-14,23-24,53-56H,15-22H2,(H,57,58,59)(H,60,61,62)(H,63,64,65)(H,66,67,68)(H2,41,43,45,47,49)(H2,42,44,46,48,50);;;;;;;;/q;4*+1;4*-1. The van der Waals surface area contributed by atoms with Crippen LogP contribution < -0.4 is 149 Å². The zero-order valence-corrected chi connectivity index (χ0v) is 52.2. The molecule has 0 radical (unpaired) electrons. The molecule has 12 N–H and O–H groups in total. The van der Waals surface area contributed by atoms with E-state index in [4.69, 9.17) is 0 Å².